The quantitative estimate of drug-likeness (QED) is 0.401. The molecular weight excluding hydrogens is 460 g/mol. The largest absolute Gasteiger partial charge is 0.493 e. The number of fused-ring (bicyclic) bond motifs is 1. The second-order valence-electron chi connectivity index (χ2n) is 8.93. The molecule has 8 heteroatoms. The van der Waals surface area contributed by atoms with Gasteiger partial charge in [0.15, 0.2) is 11.5 Å². The molecule has 194 valence electrons. The van der Waals surface area contributed by atoms with Gasteiger partial charge in [0.2, 0.25) is 5.91 Å². The number of hydrogen-bond acceptors (Lipinski definition) is 6. The van der Waals surface area contributed by atoms with Crippen LogP contribution < -0.4 is 14.8 Å². The van der Waals surface area contributed by atoms with Gasteiger partial charge in [0.25, 0.3) is 0 Å². The summed E-state index contributed by atoms with van der Waals surface area (Å²) >= 11 is 0. The van der Waals surface area contributed by atoms with Crippen molar-refractivity contribution >= 4 is 22.9 Å². The highest BCUT2D eigenvalue weighted by atomic mass is 16.5. The molecule has 0 aliphatic heterocycles. The minimum atomic E-state index is -0.850. The fourth-order valence-corrected chi connectivity index (χ4v) is 4.55. The summed E-state index contributed by atoms with van der Waals surface area (Å²) in [5, 5.41) is 15.0. The van der Waals surface area contributed by atoms with Gasteiger partial charge < -0.3 is 24.6 Å². The summed E-state index contributed by atoms with van der Waals surface area (Å²) in [6, 6.07) is 12.6. The van der Waals surface area contributed by atoms with E-state index in [1.807, 2.05) is 38.1 Å². The molecule has 0 saturated heterocycles. The van der Waals surface area contributed by atoms with E-state index in [9.17, 15) is 14.7 Å². The first-order valence-electron chi connectivity index (χ1n) is 12.2. The van der Waals surface area contributed by atoms with Gasteiger partial charge in [-0.25, -0.2) is 4.79 Å². The molecule has 0 aliphatic carbocycles. The number of nitrogens with zero attached hydrogens (tertiary/aromatic N) is 1. The van der Waals surface area contributed by atoms with Crippen molar-refractivity contribution in [3.8, 4) is 11.5 Å². The molecule has 1 aromatic heterocycles. The molecule has 1 heterocycles. The molecular formula is C28H36N2O6. The number of methoxy groups -OCH3 is 3. The van der Waals surface area contributed by atoms with E-state index in [-0.39, 0.29) is 11.9 Å². The number of amides is 1. The number of benzene rings is 2. The third kappa shape index (κ3) is 5.99. The average molecular weight is 497 g/mol. The molecule has 0 aliphatic rings. The van der Waals surface area contributed by atoms with Crippen LogP contribution in [0.5, 0.6) is 11.5 Å². The Morgan fingerprint density at radius 3 is 2.44 bits per heavy atom. The number of carbonyl (C=O) groups is 2. The molecule has 1 amide bonds. The summed E-state index contributed by atoms with van der Waals surface area (Å²) in [5.74, 6) is 0.0169. The number of aliphatic hydroxyl groups is 1. The Labute approximate surface area is 212 Å². The highest BCUT2D eigenvalue weighted by Gasteiger charge is 2.30. The normalized spacial score (nSPS) is 13.6. The van der Waals surface area contributed by atoms with E-state index in [1.54, 1.807) is 31.5 Å². The summed E-state index contributed by atoms with van der Waals surface area (Å²) in [6.07, 6.45) is 3.15. The minimum Gasteiger partial charge on any atom is -0.493 e. The lowest BCUT2D eigenvalue weighted by Gasteiger charge is -2.25. The van der Waals surface area contributed by atoms with Crippen molar-refractivity contribution in [1.29, 1.82) is 0 Å². The number of carbonyl (C=O) groups excluding carboxylic acids is 2. The maximum atomic E-state index is 13.5. The molecule has 0 radical (unpaired) electrons. The molecule has 3 aromatic rings. The van der Waals surface area contributed by atoms with Gasteiger partial charge in [-0.2, -0.15) is 0 Å². The highest BCUT2D eigenvalue weighted by molar-refractivity contribution is 5.92. The van der Waals surface area contributed by atoms with Crippen LogP contribution >= 0.6 is 0 Å². The topological polar surface area (TPSA) is 99.0 Å². The van der Waals surface area contributed by atoms with Gasteiger partial charge in [-0.05, 0) is 49.1 Å². The predicted octanol–water partition coefficient (Wildman–Crippen LogP) is 4.66. The van der Waals surface area contributed by atoms with Gasteiger partial charge in [-0.3, -0.25) is 9.36 Å². The van der Waals surface area contributed by atoms with Gasteiger partial charge in [-0.1, -0.05) is 44.0 Å². The molecule has 3 atom stereocenters. The summed E-state index contributed by atoms with van der Waals surface area (Å²) in [7, 11) is 4.44. The van der Waals surface area contributed by atoms with Crippen molar-refractivity contribution in [2.45, 2.75) is 57.6 Å². The summed E-state index contributed by atoms with van der Waals surface area (Å²) in [5.41, 5.74) is 2.32. The van der Waals surface area contributed by atoms with E-state index in [2.05, 4.69) is 5.32 Å². The van der Waals surface area contributed by atoms with E-state index in [1.165, 1.54) is 18.8 Å². The lowest BCUT2D eigenvalue weighted by atomic mass is 9.89. The molecule has 2 unspecified atom stereocenters. The first kappa shape index (κ1) is 27.1. The number of nitrogens with one attached hydrogen (secondary N) is 1. The van der Waals surface area contributed by atoms with Crippen molar-refractivity contribution < 1.29 is 28.9 Å². The lowest BCUT2D eigenvalue weighted by Crippen LogP contribution is -2.41. The van der Waals surface area contributed by atoms with Crippen LogP contribution in [0, 0.1) is 0 Å². The van der Waals surface area contributed by atoms with Gasteiger partial charge in [0.05, 0.1) is 38.9 Å². The number of aromatic nitrogens is 1. The third-order valence-electron chi connectivity index (χ3n) is 6.37. The average Bonchev–Trinajstić information content (AvgIpc) is 3.25. The Morgan fingerprint density at radius 2 is 1.78 bits per heavy atom. The fraction of sp³-hybridized carbons (Fsp3) is 0.429. The fourth-order valence-electron chi connectivity index (χ4n) is 4.55. The van der Waals surface area contributed by atoms with Crippen LogP contribution in [0.15, 0.2) is 48.7 Å². The maximum Gasteiger partial charge on any atom is 0.418 e. The van der Waals surface area contributed by atoms with Crippen molar-refractivity contribution in [2.75, 3.05) is 21.3 Å². The van der Waals surface area contributed by atoms with Crippen molar-refractivity contribution in [3.63, 3.8) is 0 Å². The zero-order valence-corrected chi connectivity index (χ0v) is 21.6. The molecule has 0 saturated carbocycles. The Bertz CT molecular complexity index is 1190. The van der Waals surface area contributed by atoms with Crippen LogP contribution in [0.2, 0.25) is 0 Å². The van der Waals surface area contributed by atoms with Gasteiger partial charge in [-0.15, -0.1) is 0 Å². The van der Waals surface area contributed by atoms with E-state index >= 15 is 0 Å². The predicted molar refractivity (Wildman–Crippen MR) is 139 cm³/mol. The molecule has 2 aromatic carbocycles. The molecule has 0 bridgehead atoms. The monoisotopic (exact) mass is 496 g/mol. The maximum absolute atomic E-state index is 13.5. The van der Waals surface area contributed by atoms with Gasteiger partial charge >= 0.3 is 6.09 Å². The van der Waals surface area contributed by atoms with Crippen LogP contribution in [0.4, 0.5) is 4.79 Å². The molecule has 0 fully saturated rings. The molecule has 8 nitrogen and oxygen atoms in total. The highest BCUT2D eigenvalue weighted by Crippen LogP contribution is 2.33. The SMILES string of the molecule is CCCCC(O)C(C(=O)N[C@H](C)Cc1cn(C(=O)OC)c2ccccc12)c1ccc(OC)c(OC)c1. The Morgan fingerprint density at radius 1 is 1.06 bits per heavy atom. The molecule has 36 heavy (non-hydrogen) atoms. The smallest absolute Gasteiger partial charge is 0.418 e. The van der Waals surface area contributed by atoms with E-state index in [0.29, 0.717) is 29.9 Å². The second-order valence-corrected chi connectivity index (χ2v) is 8.93. The third-order valence-corrected chi connectivity index (χ3v) is 6.37. The first-order chi connectivity index (χ1) is 17.3. The zero-order chi connectivity index (χ0) is 26.2. The summed E-state index contributed by atoms with van der Waals surface area (Å²) < 4.78 is 17.1. The van der Waals surface area contributed by atoms with Crippen LogP contribution in [0.3, 0.4) is 0 Å². The number of unbranched alkanes of at least 4 members (excludes halogenated alkanes) is 1. The van der Waals surface area contributed by atoms with Gasteiger partial charge in [0.1, 0.15) is 0 Å². The van der Waals surface area contributed by atoms with Crippen LogP contribution in [-0.4, -0.2) is 55.1 Å². The Kier molecular flexibility index (Phi) is 9.36. The van der Waals surface area contributed by atoms with E-state index in [0.717, 1.165) is 29.3 Å². The van der Waals surface area contributed by atoms with Crippen molar-refractivity contribution in [1.82, 2.24) is 9.88 Å². The Balaban J connectivity index is 1.85. The number of rotatable bonds is 11. The molecule has 0 spiro atoms. The summed E-state index contributed by atoms with van der Waals surface area (Å²) in [4.78, 5) is 25.7. The number of aliphatic hydroxyl groups excluding tert-OH is 1. The van der Waals surface area contributed by atoms with Crippen LogP contribution in [-0.2, 0) is 16.0 Å². The van der Waals surface area contributed by atoms with Crippen molar-refractivity contribution in [3.05, 3.63) is 59.8 Å². The Hall–Kier alpha value is -3.52. The number of para-hydroxylation sites is 1. The molecule has 3 rings (SSSR count). The van der Waals surface area contributed by atoms with Crippen LogP contribution in [0.1, 0.15) is 50.2 Å². The van der Waals surface area contributed by atoms with E-state index in [4.69, 9.17) is 14.2 Å². The minimum absolute atomic E-state index is 0.254. The summed E-state index contributed by atoms with van der Waals surface area (Å²) in [6.45, 7) is 3.96. The van der Waals surface area contributed by atoms with E-state index < -0.39 is 18.1 Å². The number of hydrogen-bond donors (Lipinski definition) is 2. The van der Waals surface area contributed by atoms with Crippen LogP contribution in [0.25, 0.3) is 10.9 Å². The standard InChI is InChI=1S/C28H36N2O6/c1-6-7-12-23(31)26(19-13-14-24(34-3)25(16-19)35-4)27(32)29-18(2)15-20-17-30(28(33)36-5)22-11-9-8-10-21(20)22/h8-11,13-14,16-18,23,26,31H,6-7,12,15H2,1-5H3,(H,29,32)/t18-,23?,26?/m1/s1. The van der Waals surface area contributed by atoms with Gasteiger partial charge in [0, 0.05) is 17.6 Å². The second kappa shape index (κ2) is 12.4. The first-order valence-corrected chi connectivity index (χ1v) is 12.2. The molecule has 2 N–H and O–H groups in total. The lowest BCUT2D eigenvalue weighted by molar-refractivity contribution is -0.125. The van der Waals surface area contributed by atoms with Crippen molar-refractivity contribution in [2.24, 2.45) is 0 Å². The number of ether oxygens (including phenoxy) is 3. The zero-order valence-electron chi connectivity index (χ0n) is 21.6.